The fourth-order valence-electron chi connectivity index (χ4n) is 2.46. The Kier molecular flexibility index (Phi) is 5.43. The van der Waals surface area contributed by atoms with E-state index in [0.717, 1.165) is 11.8 Å². The average Bonchev–Trinajstić information content (AvgIpc) is 3.25. The largest absolute Gasteiger partial charge is 0.478 e. The number of likely N-dealkylation sites (N-methyl/N-ethyl adjacent to an activating group) is 1. The van der Waals surface area contributed by atoms with Crippen LogP contribution in [0.1, 0.15) is 16.1 Å². The molecule has 0 unspecified atom stereocenters. The Hall–Kier alpha value is -2.91. The molecular weight excluding hydrogens is 388 g/mol. The average molecular weight is 402 g/mol. The zero-order chi connectivity index (χ0) is 19.6. The van der Waals surface area contributed by atoms with Crippen LogP contribution in [0.3, 0.4) is 0 Å². The Balaban J connectivity index is 1.77. The molecule has 2 aromatic rings. The second kappa shape index (κ2) is 7.77. The van der Waals surface area contributed by atoms with Gasteiger partial charge in [-0.1, -0.05) is 36.1 Å². The second-order valence-corrected chi connectivity index (χ2v) is 7.23. The van der Waals surface area contributed by atoms with Gasteiger partial charge in [0.25, 0.3) is 5.91 Å². The maximum Gasteiger partial charge on any atom is 0.337 e. The topological polar surface area (TPSA) is 91.1 Å². The molecular formula is C18H14N2O5S2. The molecule has 1 aromatic carbocycles. The number of para-hydroxylation sites is 1. The van der Waals surface area contributed by atoms with Crippen LogP contribution in [0, 0.1) is 0 Å². The highest BCUT2D eigenvalue weighted by atomic mass is 32.2. The summed E-state index contributed by atoms with van der Waals surface area (Å²) in [6.45, 7) is -0.287. The van der Waals surface area contributed by atoms with E-state index in [1.54, 1.807) is 30.3 Å². The summed E-state index contributed by atoms with van der Waals surface area (Å²) in [4.78, 5) is 39.3. The first-order valence-corrected chi connectivity index (χ1v) is 8.98. The molecule has 7 nitrogen and oxygen atoms in total. The molecule has 1 N–H and O–H groups in total. The van der Waals surface area contributed by atoms with Gasteiger partial charge < -0.3 is 14.4 Å². The summed E-state index contributed by atoms with van der Waals surface area (Å²) in [6.07, 6.45) is 3.05. The Morgan fingerprint density at radius 3 is 2.70 bits per heavy atom. The summed E-state index contributed by atoms with van der Waals surface area (Å²) < 4.78 is 5.45. The van der Waals surface area contributed by atoms with E-state index in [9.17, 15) is 19.5 Å². The number of hydrogen-bond acceptors (Lipinski definition) is 6. The normalized spacial score (nSPS) is 15.4. The van der Waals surface area contributed by atoms with Crippen molar-refractivity contribution in [1.82, 2.24) is 4.90 Å². The van der Waals surface area contributed by atoms with Gasteiger partial charge in [-0.15, -0.1) is 0 Å². The van der Waals surface area contributed by atoms with E-state index in [1.165, 1.54) is 35.2 Å². The highest BCUT2D eigenvalue weighted by Crippen LogP contribution is 2.32. The number of carbonyl (C=O) groups is 3. The lowest BCUT2D eigenvalue weighted by atomic mass is 10.1. The minimum absolute atomic E-state index is 0.00328. The number of rotatable bonds is 5. The monoisotopic (exact) mass is 402 g/mol. The van der Waals surface area contributed by atoms with Crippen LogP contribution in [0.15, 0.2) is 52.0 Å². The van der Waals surface area contributed by atoms with Crippen molar-refractivity contribution in [3.63, 3.8) is 0 Å². The number of anilines is 1. The third kappa shape index (κ3) is 3.93. The van der Waals surface area contributed by atoms with Gasteiger partial charge in [0.2, 0.25) is 5.91 Å². The number of thiocarbonyl (C=S) groups is 1. The van der Waals surface area contributed by atoms with Crippen LogP contribution in [-0.4, -0.2) is 45.7 Å². The van der Waals surface area contributed by atoms with Crippen LogP contribution in [0.2, 0.25) is 0 Å². The van der Waals surface area contributed by atoms with E-state index in [-0.39, 0.29) is 22.1 Å². The molecule has 0 bridgehead atoms. The number of hydrogen-bond donors (Lipinski definition) is 1. The Bertz CT molecular complexity index is 952. The molecule has 3 rings (SSSR count). The highest BCUT2D eigenvalue weighted by Gasteiger charge is 2.34. The minimum atomic E-state index is -1.14. The number of carboxylic acids is 1. The molecule has 0 spiro atoms. The first-order valence-electron chi connectivity index (χ1n) is 7.76. The Morgan fingerprint density at radius 2 is 2.04 bits per heavy atom. The Morgan fingerprint density at radius 1 is 1.30 bits per heavy atom. The molecule has 2 amide bonds. The van der Waals surface area contributed by atoms with Crippen molar-refractivity contribution in [3.05, 3.63) is 58.9 Å². The third-order valence-electron chi connectivity index (χ3n) is 3.85. The summed E-state index contributed by atoms with van der Waals surface area (Å²) in [5.41, 5.74) is 0.239. The molecule has 138 valence electrons. The van der Waals surface area contributed by atoms with Gasteiger partial charge in [0, 0.05) is 13.1 Å². The summed E-state index contributed by atoms with van der Waals surface area (Å²) in [5, 5.41) is 9.28. The van der Waals surface area contributed by atoms with Gasteiger partial charge >= 0.3 is 5.97 Å². The predicted molar refractivity (Wildman–Crippen MR) is 105 cm³/mol. The molecule has 1 aromatic heterocycles. The number of carboxylic acid groups (broad SMARTS) is 1. The maximum atomic E-state index is 12.6. The number of carbonyl (C=O) groups excluding carboxylic acids is 2. The molecule has 1 fully saturated rings. The van der Waals surface area contributed by atoms with Crippen LogP contribution in [0.25, 0.3) is 6.08 Å². The van der Waals surface area contributed by atoms with Crippen molar-refractivity contribution in [2.24, 2.45) is 0 Å². The summed E-state index contributed by atoms with van der Waals surface area (Å²) in [6, 6.07) is 9.55. The summed E-state index contributed by atoms with van der Waals surface area (Å²) >= 11 is 6.29. The van der Waals surface area contributed by atoms with Crippen LogP contribution in [-0.2, 0) is 9.59 Å². The van der Waals surface area contributed by atoms with E-state index in [0.29, 0.717) is 10.7 Å². The minimum Gasteiger partial charge on any atom is -0.478 e. The van der Waals surface area contributed by atoms with Crippen molar-refractivity contribution in [3.8, 4) is 0 Å². The predicted octanol–water partition coefficient (Wildman–Crippen LogP) is 2.84. The van der Waals surface area contributed by atoms with E-state index < -0.39 is 17.8 Å². The Labute approximate surface area is 164 Å². The quantitative estimate of drug-likeness (QED) is 0.607. The summed E-state index contributed by atoms with van der Waals surface area (Å²) in [5.74, 6) is -1.49. The van der Waals surface area contributed by atoms with Gasteiger partial charge in [0.15, 0.2) is 0 Å². The number of nitrogens with zero attached hydrogens (tertiary/aromatic N) is 2. The maximum absolute atomic E-state index is 12.6. The SMILES string of the molecule is CN(C(=O)CN1C(=O)/C(=C/c2ccco2)SC1=S)c1ccccc1C(=O)O. The number of furan rings is 1. The third-order valence-corrected chi connectivity index (χ3v) is 5.23. The number of amides is 2. The van der Waals surface area contributed by atoms with E-state index in [4.69, 9.17) is 16.6 Å². The van der Waals surface area contributed by atoms with Crippen LogP contribution < -0.4 is 4.90 Å². The molecule has 1 saturated heterocycles. The van der Waals surface area contributed by atoms with Gasteiger partial charge in [-0.05, 0) is 24.3 Å². The zero-order valence-electron chi connectivity index (χ0n) is 14.1. The van der Waals surface area contributed by atoms with Crippen molar-refractivity contribution in [1.29, 1.82) is 0 Å². The number of benzene rings is 1. The molecule has 9 heteroatoms. The van der Waals surface area contributed by atoms with Gasteiger partial charge in [0.1, 0.15) is 16.6 Å². The summed E-state index contributed by atoms with van der Waals surface area (Å²) in [7, 11) is 1.46. The van der Waals surface area contributed by atoms with E-state index >= 15 is 0 Å². The van der Waals surface area contributed by atoms with Crippen molar-refractivity contribution < 1.29 is 23.9 Å². The molecule has 1 aliphatic heterocycles. The molecule has 0 saturated carbocycles. The van der Waals surface area contributed by atoms with Gasteiger partial charge in [0.05, 0.1) is 22.4 Å². The first-order chi connectivity index (χ1) is 12.9. The van der Waals surface area contributed by atoms with Crippen molar-refractivity contribution in [2.45, 2.75) is 0 Å². The lowest BCUT2D eigenvalue weighted by molar-refractivity contribution is -0.127. The van der Waals surface area contributed by atoms with Crippen molar-refractivity contribution >= 4 is 57.8 Å². The first kappa shape index (κ1) is 18.9. The molecule has 1 aliphatic rings. The fraction of sp³-hybridized carbons (Fsp3) is 0.111. The second-order valence-electron chi connectivity index (χ2n) is 5.56. The van der Waals surface area contributed by atoms with E-state index in [2.05, 4.69) is 0 Å². The van der Waals surface area contributed by atoms with Crippen LogP contribution in [0.5, 0.6) is 0 Å². The molecule has 0 atom stereocenters. The van der Waals surface area contributed by atoms with Crippen LogP contribution in [0.4, 0.5) is 5.69 Å². The lowest BCUT2D eigenvalue weighted by Crippen LogP contribution is -2.40. The number of thioether (sulfide) groups is 1. The van der Waals surface area contributed by atoms with E-state index in [1.807, 2.05) is 0 Å². The fourth-order valence-corrected chi connectivity index (χ4v) is 3.70. The van der Waals surface area contributed by atoms with Crippen molar-refractivity contribution in [2.75, 3.05) is 18.5 Å². The zero-order valence-corrected chi connectivity index (χ0v) is 15.8. The van der Waals surface area contributed by atoms with Gasteiger partial charge in [-0.3, -0.25) is 14.5 Å². The molecule has 0 aliphatic carbocycles. The molecule has 2 heterocycles. The van der Waals surface area contributed by atoms with Gasteiger partial charge in [-0.2, -0.15) is 0 Å². The number of aromatic carboxylic acids is 1. The van der Waals surface area contributed by atoms with Crippen LogP contribution >= 0.6 is 24.0 Å². The smallest absolute Gasteiger partial charge is 0.337 e. The lowest BCUT2D eigenvalue weighted by Gasteiger charge is -2.22. The standard InChI is InChI=1S/C18H14N2O5S2/c1-19(13-7-3-2-6-12(13)17(23)24)15(21)10-20-16(22)14(27-18(20)26)9-11-5-4-8-25-11/h2-9H,10H2,1H3,(H,23,24)/b14-9-. The van der Waals surface area contributed by atoms with Gasteiger partial charge in [-0.25, -0.2) is 4.79 Å². The highest BCUT2D eigenvalue weighted by molar-refractivity contribution is 8.26. The molecule has 0 radical (unpaired) electrons. The molecule has 27 heavy (non-hydrogen) atoms.